The summed E-state index contributed by atoms with van der Waals surface area (Å²) in [5.41, 5.74) is 6.17. The van der Waals surface area contributed by atoms with Crippen LogP contribution in [-0.2, 0) is 9.59 Å². The van der Waals surface area contributed by atoms with Crippen LogP contribution < -0.4 is 21.1 Å². The molecule has 1 atom stereocenters. The quantitative estimate of drug-likeness (QED) is 0.668. The number of halogens is 1. The van der Waals surface area contributed by atoms with Gasteiger partial charge >= 0.3 is 0 Å². The highest BCUT2D eigenvalue weighted by Gasteiger charge is 2.29. The van der Waals surface area contributed by atoms with Crippen LogP contribution in [0, 0.1) is 11.8 Å². The highest BCUT2D eigenvalue weighted by atomic mass is 35.5. The van der Waals surface area contributed by atoms with E-state index in [2.05, 4.69) is 10.6 Å². The molecule has 0 spiro atoms. The fourth-order valence-electron chi connectivity index (χ4n) is 1.82. The topological polar surface area (TPSA) is 93.4 Å². The van der Waals surface area contributed by atoms with E-state index in [9.17, 15) is 9.59 Å². The van der Waals surface area contributed by atoms with Crippen molar-refractivity contribution in [3.8, 4) is 5.75 Å². The number of hydrogen-bond acceptors (Lipinski definition) is 4. The maximum atomic E-state index is 11.7. The van der Waals surface area contributed by atoms with Crippen molar-refractivity contribution < 1.29 is 14.3 Å². The van der Waals surface area contributed by atoms with Crippen LogP contribution in [0.2, 0.25) is 0 Å². The minimum absolute atomic E-state index is 0. The third-order valence-corrected chi connectivity index (χ3v) is 3.47. The molecule has 1 aliphatic rings. The molecule has 0 radical (unpaired) electrons. The Morgan fingerprint density at radius 1 is 1.39 bits per heavy atom. The van der Waals surface area contributed by atoms with Crippen molar-refractivity contribution in [2.45, 2.75) is 19.8 Å². The van der Waals surface area contributed by atoms with E-state index in [1.165, 1.54) is 0 Å². The number of carbonyl (C=O) groups excluding carboxylic acids is 2. The maximum Gasteiger partial charge on any atom is 0.257 e. The molecular formula is C16H24ClN3O3. The first-order valence-electron chi connectivity index (χ1n) is 7.59. The van der Waals surface area contributed by atoms with E-state index in [4.69, 9.17) is 10.5 Å². The van der Waals surface area contributed by atoms with Gasteiger partial charge in [-0.25, -0.2) is 0 Å². The fourth-order valence-corrected chi connectivity index (χ4v) is 1.82. The Labute approximate surface area is 142 Å². The Hall–Kier alpha value is -1.79. The maximum absolute atomic E-state index is 11.7. The summed E-state index contributed by atoms with van der Waals surface area (Å²) >= 11 is 0. The molecule has 23 heavy (non-hydrogen) atoms. The first kappa shape index (κ1) is 19.3. The summed E-state index contributed by atoms with van der Waals surface area (Å²) in [5.74, 6) is 0.804. The first-order chi connectivity index (χ1) is 10.6. The van der Waals surface area contributed by atoms with Gasteiger partial charge in [0, 0.05) is 24.2 Å². The molecule has 0 saturated heterocycles. The lowest BCUT2D eigenvalue weighted by Gasteiger charge is -2.11. The molecule has 1 fully saturated rings. The van der Waals surface area contributed by atoms with Crippen LogP contribution in [0.5, 0.6) is 5.75 Å². The van der Waals surface area contributed by atoms with E-state index in [1.54, 1.807) is 24.3 Å². The number of anilines is 1. The van der Waals surface area contributed by atoms with Gasteiger partial charge in [0.05, 0.1) is 0 Å². The summed E-state index contributed by atoms with van der Waals surface area (Å²) in [5, 5.41) is 5.61. The minimum Gasteiger partial charge on any atom is -0.484 e. The van der Waals surface area contributed by atoms with E-state index < -0.39 is 0 Å². The van der Waals surface area contributed by atoms with Gasteiger partial charge in [-0.3, -0.25) is 9.59 Å². The molecule has 0 aromatic heterocycles. The number of hydrogen-bond donors (Lipinski definition) is 3. The van der Waals surface area contributed by atoms with E-state index in [0.717, 1.165) is 12.8 Å². The van der Waals surface area contributed by atoms with Gasteiger partial charge in [-0.15, -0.1) is 12.4 Å². The Bertz CT molecular complexity index is 535. The fraction of sp³-hybridized carbons (Fsp3) is 0.500. The lowest BCUT2D eigenvalue weighted by molar-refractivity contribution is -0.123. The van der Waals surface area contributed by atoms with Crippen LogP contribution in [0.3, 0.4) is 0 Å². The summed E-state index contributed by atoms with van der Waals surface area (Å²) in [6.07, 6.45) is 1.92. The Morgan fingerprint density at radius 2 is 2.13 bits per heavy atom. The Balaban J connectivity index is 0.00000264. The summed E-state index contributed by atoms with van der Waals surface area (Å²) in [7, 11) is 0. The molecule has 1 saturated carbocycles. The molecule has 0 bridgehead atoms. The molecule has 1 aromatic rings. The summed E-state index contributed by atoms with van der Waals surface area (Å²) < 4.78 is 5.44. The molecular weight excluding hydrogens is 318 g/mol. The zero-order valence-corrected chi connectivity index (χ0v) is 14.0. The van der Waals surface area contributed by atoms with Gasteiger partial charge < -0.3 is 21.1 Å². The molecule has 0 heterocycles. The van der Waals surface area contributed by atoms with Gasteiger partial charge in [-0.2, -0.15) is 0 Å². The van der Waals surface area contributed by atoms with E-state index >= 15 is 0 Å². The third-order valence-electron chi connectivity index (χ3n) is 3.47. The second-order valence-electron chi connectivity index (χ2n) is 5.72. The average Bonchev–Trinajstić information content (AvgIpc) is 3.35. The van der Waals surface area contributed by atoms with Crippen molar-refractivity contribution in [1.29, 1.82) is 0 Å². The van der Waals surface area contributed by atoms with Crippen molar-refractivity contribution in [2.75, 3.05) is 25.0 Å². The molecule has 1 unspecified atom stereocenters. The van der Waals surface area contributed by atoms with E-state index in [0.29, 0.717) is 24.5 Å². The highest BCUT2D eigenvalue weighted by molar-refractivity contribution is 5.94. The standard InChI is InChI=1S/C16H23N3O3.ClH/c1-11(8-17)9-18-15(20)10-22-14-4-2-3-13(7-14)19-16(21)12-5-6-12;/h2-4,7,11-12H,5-6,8-10,17H2,1H3,(H,18,20)(H,19,21);1H. The first-order valence-corrected chi connectivity index (χ1v) is 7.59. The zero-order valence-electron chi connectivity index (χ0n) is 13.2. The molecule has 2 rings (SSSR count). The SMILES string of the molecule is CC(CN)CNC(=O)COc1cccc(NC(=O)C2CC2)c1.Cl. The van der Waals surface area contributed by atoms with Gasteiger partial charge in [0.1, 0.15) is 5.75 Å². The van der Waals surface area contributed by atoms with Crippen molar-refractivity contribution in [1.82, 2.24) is 5.32 Å². The lowest BCUT2D eigenvalue weighted by atomic mass is 10.2. The Kier molecular flexibility index (Phi) is 7.85. The minimum atomic E-state index is -0.187. The smallest absolute Gasteiger partial charge is 0.257 e. The van der Waals surface area contributed by atoms with Crippen LogP contribution in [0.25, 0.3) is 0 Å². The number of amides is 2. The largest absolute Gasteiger partial charge is 0.484 e. The molecule has 0 aliphatic heterocycles. The number of nitrogens with two attached hydrogens (primary N) is 1. The third kappa shape index (κ3) is 6.88. The normalized spacial score (nSPS) is 14.3. The van der Waals surface area contributed by atoms with Crippen LogP contribution in [0.1, 0.15) is 19.8 Å². The van der Waals surface area contributed by atoms with Gasteiger partial charge in [0.25, 0.3) is 5.91 Å². The van der Waals surface area contributed by atoms with Crippen LogP contribution in [0.4, 0.5) is 5.69 Å². The number of ether oxygens (including phenoxy) is 1. The number of rotatable bonds is 8. The van der Waals surface area contributed by atoms with E-state index in [1.807, 2.05) is 6.92 Å². The van der Waals surface area contributed by atoms with Gasteiger partial charge in [-0.05, 0) is 37.4 Å². The molecule has 2 amide bonds. The van der Waals surface area contributed by atoms with Crippen LogP contribution >= 0.6 is 12.4 Å². The summed E-state index contributed by atoms with van der Waals surface area (Å²) in [4.78, 5) is 23.4. The van der Waals surface area contributed by atoms with Crippen molar-refractivity contribution in [2.24, 2.45) is 17.6 Å². The zero-order chi connectivity index (χ0) is 15.9. The van der Waals surface area contributed by atoms with Crippen LogP contribution in [0.15, 0.2) is 24.3 Å². The monoisotopic (exact) mass is 341 g/mol. The lowest BCUT2D eigenvalue weighted by Crippen LogP contribution is -2.34. The van der Waals surface area contributed by atoms with Gasteiger partial charge in [0.15, 0.2) is 6.61 Å². The van der Waals surface area contributed by atoms with Crippen molar-refractivity contribution in [3.05, 3.63) is 24.3 Å². The molecule has 1 aromatic carbocycles. The van der Waals surface area contributed by atoms with E-state index in [-0.39, 0.29) is 42.7 Å². The highest BCUT2D eigenvalue weighted by Crippen LogP contribution is 2.30. The summed E-state index contributed by atoms with van der Waals surface area (Å²) in [6, 6.07) is 7.06. The van der Waals surface area contributed by atoms with Gasteiger partial charge in [-0.1, -0.05) is 13.0 Å². The predicted octanol–water partition coefficient (Wildman–Crippen LogP) is 1.55. The van der Waals surface area contributed by atoms with Crippen LogP contribution in [-0.4, -0.2) is 31.5 Å². The number of nitrogens with one attached hydrogen (secondary N) is 2. The summed E-state index contributed by atoms with van der Waals surface area (Å²) in [6.45, 7) is 2.98. The second-order valence-corrected chi connectivity index (χ2v) is 5.72. The number of carbonyl (C=O) groups is 2. The molecule has 4 N–H and O–H groups in total. The van der Waals surface area contributed by atoms with Gasteiger partial charge in [0.2, 0.25) is 5.91 Å². The molecule has 6 nitrogen and oxygen atoms in total. The average molecular weight is 342 g/mol. The second kappa shape index (κ2) is 9.37. The molecule has 7 heteroatoms. The molecule has 128 valence electrons. The molecule has 1 aliphatic carbocycles. The predicted molar refractivity (Wildman–Crippen MR) is 91.8 cm³/mol. The van der Waals surface area contributed by atoms with Crippen molar-refractivity contribution >= 4 is 29.9 Å². The Morgan fingerprint density at radius 3 is 2.78 bits per heavy atom. The number of benzene rings is 1. The van der Waals surface area contributed by atoms with Crippen molar-refractivity contribution in [3.63, 3.8) is 0 Å².